The molecule has 0 saturated heterocycles. The molecule has 0 spiro atoms. The molecule has 4 heteroatoms. The smallest absolute Gasteiger partial charge is 0.123 e. The van der Waals surface area contributed by atoms with Gasteiger partial charge in [-0.3, -0.25) is 4.90 Å². The minimum absolute atomic E-state index is 0.0207. The molecule has 1 atom stereocenters. The number of ether oxygens (including phenoxy) is 1. The fourth-order valence-corrected chi connectivity index (χ4v) is 2.52. The standard InChI is InChI=1S/C19H27NO3/c1-15(2)16(3)20(14-18-8-6-11-22-18)13-17-7-4-5-9-19(17)23-12-10-21/h4-9,11,15-16,21H,10,12-14H2,1-3H3. The van der Waals surface area contributed by atoms with Crippen molar-refractivity contribution >= 4 is 0 Å². The van der Waals surface area contributed by atoms with Gasteiger partial charge in [-0.15, -0.1) is 0 Å². The molecule has 0 aliphatic heterocycles. The van der Waals surface area contributed by atoms with E-state index in [1.54, 1.807) is 6.26 Å². The molecule has 0 bridgehead atoms. The number of benzene rings is 1. The summed E-state index contributed by atoms with van der Waals surface area (Å²) >= 11 is 0. The molecule has 0 aliphatic rings. The van der Waals surface area contributed by atoms with Gasteiger partial charge in [0.15, 0.2) is 0 Å². The zero-order chi connectivity index (χ0) is 16.7. The molecule has 1 N–H and O–H groups in total. The van der Waals surface area contributed by atoms with E-state index < -0.39 is 0 Å². The number of nitrogens with zero attached hydrogens (tertiary/aromatic N) is 1. The lowest BCUT2D eigenvalue weighted by atomic mass is 10.0. The fourth-order valence-electron chi connectivity index (χ4n) is 2.52. The highest BCUT2D eigenvalue weighted by molar-refractivity contribution is 5.33. The van der Waals surface area contributed by atoms with Crippen LogP contribution in [0.15, 0.2) is 47.1 Å². The number of furan rings is 1. The van der Waals surface area contributed by atoms with Crippen molar-refractivity contribution in [2.45, 2.75) is 39.9 Å². The van der Waals surface area contributed by atoms with E-state index in [1.807, 2.05) is 30.3 Å². The van der Waals surface area contributed by atoms with Crippen molar-refractivity contribution in [1.82, 2.24) is 4.90 Å². The minimum Gasteiger partial charge on any atom is -0.491 e. The third kappa shape index (κ3) is 5.12. The van der Waals surface area contributed by atoms with Gasteiger partial charge in [-0.05, 0) is 31.0 Å². The first-order valence-corrected chi connectivity index (χ1v) is 8.19. The minimum atomic E-state index is 0.0207. The Labute approximate surface area is 138 Å². The normalized spacial score (nSPS) is 12.8. The van der Waals surface area contributed by atoms with Gasteiger partial charge >= 0.3 is 0 Å². The van der Waals surface area contributed by atoms with Crippen LogP contribution < -0.4 is 4.74 Å². The number of hydrogen-bond acceptors (Lipinski definition) is 4. The zero-order valence-electron chi connectivity index (χ0n) is 14.2. The quantitative estimate of drug-likeness (QED) is 0.766. The van der Waals surface area contributed by atoms with Crippen LogP contribution >= 0.6 is 0 Å². The lowest BCUT2D eigenvalue weighted by Gasteiger charge is -2.31. The molecule has 2 aromatic rings. The molecule has 23 heavy (non-hydrogen) atoms. The topological polar surface area (TPSA) is 45.8 Å². The van der Waals surface area contributed by atoms with E-state index >= 15 is 0 Å². The monoisotopic (exact) mass is 317 g/mol. The van der Waals surface area contributed by atoms with Crippen molar-refractivity contribution in [3.63, 3.8) is 0 Å². The van der Waals surface area contributed by atoms with Crippen LogP contribution in [0, 0.1) is 5.92 Å². The summed E-state index contributed by atoms with van der Waals surface area (Å²) in [5.74, 6) is 2.34. The van der Waals surface area contributed by atoms with Crippen molar-refractivity contribution in [1.29, 1.82) is 0 Å². The summed E-state index contributed by atoms with van der Waals surface area (Å²) in [5, 5.41) is 8.98. The highest BCUT2D eigenvalue weighted by Crippen LogP contribution is 2.24. The average Bonchev–Trinajstić information content (AvgIpc) is 3.05. The molecule has 2 rings (SSSR count). The first-order chi connectivity index (χ1) is 11.1. The maximum absolute atomic E-state index is 8.98. The summed E-state index contributed by atoms with van der Waals surface area (Å²) in [5.41, 5.74) is 1.13. The average molecular weight is 317 g/mol. The molecule has 126 valence electrons. The van der Waals surface area contributed by atoms with Crippen LogP contribution in [0.3, 0.4) is 0 Å². The van der Waals surface area contributed by atoms with Crippen LogP contribution in [0.2, 0.25) is 0 Å². The van der Waals surface area contributed by atoms with Gasteiger partial charge in [0, 0.05) is 18.2 Å². The Balaban J connectivity index is 2.16. The Morgan fingerprint density at radius 3 is 2.52 bits per heavy atom. The molecule has 1 unspecified atom stereocenters. The molecule has 1 heterocycles. The predicted molar refractivity (Wildman–Crippen MR) is 91.3 cm³/mol. The predicted octanol–water partition coefficient (Wildman–Crippen LogP) is 3.70. The van der Waals surface area contributed by atoms with E-state index in [4.69, 9.17) is 14.3 Å². The Hall–Kier alpha value is -1.78. The third-order valence-electron chi connectivity index (χ3n) is 4.17. The van der Waals surface area contributed by atoms with Crippen molar-refractivity contribution in [3.8, 4) is 5.75 Å². The van der Waals surface area contributed by atoms with Crippen LogP contribution in [-0.4, -0.2) is 29.3 Å². The Bertz CT molecular complexity index is 566. The number of hydrogen-bond donors (Lipinski definition) is 1. The van der Waals surface area contributed by atoms with Crippen molar-refractivity contribution < 1.29 is 14.3 Å². The highest BCUT2D eigenvalue weighted by Gasteiger charge is 2.20. The number of aliphatic hydroxyl groups is 1. The van der Waals surface area contributed by atoms with E-state index in [0.29, 0.717) is 18.6 Å². The summed E-state index contributed by atoms with van der Waals surface area (Å²) in [4.78, 5) is 2.39. The van der Waals surface area contributed by atoms with Crippen molar-refractivity contribution in [2.75, 3.05) is 13.2 Å². The van der Waals surface area contributed by atoms with Gasteiger partial charge in [0.2, 0.25) is 0 Å². The van der Waals surface area contributed by atoms with E-state index in [1.165, 1.54) is 0 Å². The molecule has 1 aromatic heterocycles. The summed E-state index contributed by atoms with van der Waals surface area (Å²) in [6.07, 6.45) is 1.71. The van der Waals surface area contributed by atoms with Crippen LogP contribution in [0.1, 0.15) is 32.1 Å². The molecule has 0 saturated carbocycles. The first-order valence-electron chi connectivity index (χ1n) is 8.19. The summed E-state index contributed by atoms with van der Waals surface area (Å²) in [6.45, 7) is 8.58. The van der Waals surface area contributed by atoms with Crippen LogP contribution in [0.4, 0.5) is 0 Å². The van der Waals surface area contributed by atoms with Gasteiger partial charge in [-0.1, -0.05) is 32.0 Å². The molecule has 0 aliphatic carbocycles. The second kappa shape index (κ2) is 8.75. The molecular formula is C19H27NO3. The van der Waals surface area contributed by atoms with Gasteiger partial charge < -0.3 is 14.3 Å². The molecule has 0 fully saturated rings. The SMILES string of the molecule is CC(C)C(C)N(Cc1ccco1)Cc1ccccc1OCCO. The van der Waals surface area contributed by atoms with Crippen molar-refractivity contribution in [2.24, 2.45) is 5.92 Å². The maximum atomic E-state index is 8.98. The summed E-state index contributed by atoms with van der Waals surface area (Å²) < 4.78 is 11.2. The zero-order valence-corrected chi connectivity index (χ0v) is 14.2. The fraction of sp³-hybridized carbons (Fsp3) is 0.474. The third-order valence-corrected chi connectivity index (χ3v) is 4.17. The van der Waals surface area contributed by atoms with E-state index in [-0.39, 0.29) is 6.61 Å². The van der Waals surface area contributed by atoms with Gasteiger partial charge in [0.25, 0.3) is 0 Å². The Morgan fingerprint density at radius 2 is 1.87 bits per heavy atom. The molecule has 1 aromatic carbocycles. The summed E-state index contributed by atoms with van der Waals surface area (Å²) in [7, 11) is 0. The molecule has 0 radical (unpaired) electrons. The van der Waals surface area contributed by atoms with E-state index in [2.05, 4.69) is 31.7 Å². The molecule has 0 amide bonds. The Morgan fingerprint density at radius 1 is 1.09 bits per heavy atom. The Kier molecular flexibility index (Phi) is 6.68. The lowest BCUT2D eigenvalue weighted by molar-refractivity contribution is 0.137. The van der Waals surface area contributed by atoms with Gasteiger partial charge in [-0.25, -0.2) is 0 Å². The van der Waals surface area contributed by atoms with Gasteiger partial charge in [0.1, 0.15) is 18.1 Å². The number of para-hydroxylation sites is 1. The second-order valence-electron chi connectivity index (χ2n) is 6.15. The van der Waals surface area contributed by atoms with Gasteiger partial charge in [0.05, 0.1) is 19.4 Å². The van der Waals surface area contributed by atoms with E-state index in [9.17, 15) is 0 Å². The van der Waals surface area contributed by atoms with Crippen LogP contribution in [0.25, 0.3) is 0 Å². The van der Waals surface area contributed by atoms with Crippen LogP contribution in [0.5, 0.6) is 5.75 Å². The number of rotatable bonds is 9. The van der Waals surface area contributed by atoms with Crippen molar-refractivity contribution in [3.05, 3.63) is 54.0 Å². The maximum Gasteiger partial charge on any atom is 0.123 e. The lowest BCUT2D eigenvalue weighted by Crippen LogP contribution is -2.35. The number of aliphatic hydroxyl groups excluding tert-OH is 1. The second-order valence-corrected chi connectivity index (χ2v) is 6.15. The molecule has 4 nitrogen and oxygen atoms in total. The van der Waals surface area contributed by atoms with E-state index in [0.717, 1.165) is 30.2 Å². The van der Waals surface area contributed by atoms with Crippen LogP contribution in [-0.2, 0) is 13.1 Å². The first kappa shape index (κ1) is 17.6. The summed E-state index contributed by atoms with van der Waals surface area (Å²) in [6, 6.07) is 12.3. The van der Waals surface area contributed by atoms with Gasteiger partial charge in [-0.2, -0.15) is 0 Å². The largest absolute Gasteiger partial charge is 0.491 e. The highest BCUT2D eigenvalue weighted by atomic mass is 16.5. The molecular weight excluding hydrogens is 290 g/mol.